The third-order valence-corrected chi connectivity index (χ3v) is 4.52. The lowest BCUT2D eigenvalue weighted by atomic mass is 10.2. The lowest BCUT2D eigenvalue weighted by Crippen LogP contribution is -2.33. The van der Waals surface area contributed by atoms with Gasteiger partial charge in [0.15, 0.2) is 0 Å². The third kappa shape index (κ3) is 7.56. The van der Waals surface area contributed by atoms with E-state index in [1.807, 2.05) is 46.0 Å². The fourth-order valence-corrected chi connectivity index (χ4v) is 3.11. The molecule has 2 amide bonds. The first-order valence-corrected chi connectivity index (χ1v) is 9.47. The Kier molecular flexibility index (Phi) is 10.6. The first kappa shape index (κ1) is 22.2. The van der Waals surface area contributed by atoms with Crippen LogP contribution in [0, 0.1) is 0 Å². The molecule has 0 aliphatic heterocycles. The van der Waals surface area contributed by atoms with Crippen LogP contribution in [-0.2, 0) is 11.3 Å². The number of carbonyl (C=O) groups is 2. The average molecular weight is 396 g/mol. The third-order valence-electron chi connectivity index (χ3n) is 3.84. The number of benzene rings is 1. The van der Waals surface area contributed by atoms with Gasteiger partial charge in [-0.15, -0.1) is 12.4 Å². The fraction of sp³-hybridized carbons (Fsp3) is 0.368. The molecule has 0 unspecified atom stereocenters. The molecule has 7 heteroatoms. The molecule has 0 saturated carbocycles. The van der Waals surface area contributed by atoms with Gasteiger partial charge in [-0.2, -0.15) is 11.3 Å². The second-order valence-electron chi connectivity index (χ2n) is 5.81. The molecular formula is C19H26ClN3O2S. The Labute approximate surface area is 165 Å². The molecule has 0 bridgehead atoms. The van der Waals surface area contributed by atoms with Crippen molar-refractivity contribution in [1.82, 2.24) is 10.2 Å². The Hall–Kier alpha value is -1.89. The molecule has 1 aromatic carbocycles. The standard InChI is InChI=1S/C19H25N3O2S.ClH/c20-10-5-12-22(14-16-6-2-1-3-7-16)18(23)8-4-11-21-19(24)17-9-13-25-15-17;/h1-3,6-7,9,13,15H,4-5,8,10-12,14,20H2,(H,21,24);1H. The van der Waals surface area contributed by atoms with Crippen LogP contribution in [0.25, 0.3) is 0 Å². The van der Waals surface area contributed by atoms with E-state index in [4.69, 9.17) is 5.73 Å². The lowest BCUT2D eigenvalue weighted by Gasteiger charge is -2.23. The van der Waals surface area contributed by atoms with E-state index in [1.54, 1.807) is 6.07 Å². The number of rotatable bonds is 10. The minimum absolute atomic E-state index is 0. The molecule has 1 heterocycles. The van der Waals surface area contributed by atoms with E-state index in [-0.39, 0.29) is 24.2 Å². The van der Waals surface area contributed by atoms with Crippen molar-refractivity contribution in [3.8, 4) is 0 Å². The number of nitrogens with zero attached hydrogens (tertiary/aromatic N) is 1. The Bertz CT molecular complexity index is 650. The van der Waals surface area contributed by atoms with E-state index < -0.39 is 0 Å². The van der Waals surface area contributed by atoms with Gasteiger partial charge < -0.3 is 16.0 Å². The smallest absolute Gasteiger partial charge is 0.252 e. The molecular weight excluding hydrogens is 370 g/mol. The van der Waals surface area contributed by atoms with Gasteiger partial charge in [0.2, 0.25) is 5.91 Å². The number of halogens is 1. The number of nitrogens with two attached hydrogens (primary N) is 1. The molecule has 5 nitrogen and oxygen atoms in total. The van der Waals surface area contributed by atoms with Crippen LogP contribution in [0.3, 0.4) is 0 Å². The highest BCUT2D eigenvalue weighted by Gasteiger charge is 2.13. The van der Waals surface area contributed by atoms with Gasteiger partial charge in [-0.25, -0.2) is 0 Å². The van der Waals surface area contributed by atoms with Crippen LogP contribution < -0.4 is 11.1 Å². The molecule has 0 atom stereocenters. The predicted octanol–water partition coefficient (Wildman–Crippen LogP) is 3.06. The second kappa shape index (κ2) is 12.5. The summed E-state index contributed by atoms with van der Waals surface area (Å²) in [5.41, 5.74) is 7.37. The van der Waals surface area contributed by atoms with Crippen molar-refractivity contribution in [1.29, 1.82) is 0 Å². The van der Waals surface area contributed by atoms with Gasteiger partial charge in [0.1, 0.15) is 0 Å². The largest absolute Gasteiger partial charge is 0.352 e. The molecule has 142 valence electrons. The van der Waals surface area contributed by atoms with Crippen LogP contribution >= 0.6 is 23.7 Å². The first-order chi connectivity index (χ1) is 12.2. The van der Waals surface area contributed by atoms with Crippen LogP contribution in [0.2, 0.25) is 0 Å². The van der Waals surface area contributed by atoms with E-state index in [2.05, 4.69) is 5.32 Å². The van der Waals surface area contributed by atoms with Crippen LogP contribution in [-0.4, -0.2) is 36.3 Å². The van der Waals surface area contributed by atoms with E-state index in [0.717, 1.165) is 12.0 Å². The molecule has 2 aromatic rings. The van der Waals surface area contributed by atoms with Crippen LogP contribution in [0.15, 0.2) is 47.2 Å². The average Bonchev–Trinajstić information content (AvgIpc) is 3.17. The molecule has 0 saturated heterocycles. The Morgan fingerprint density at radius 3 is 2.54 bits per heavy atom. The monoisotopic (exact) mass is 395 g/mol. The zero-order valence-corrected chi connectivity index (χ0v) is 16.4. The minimum Gasteiger partial charge on any atom is -0.352 e. The summed E-state index contributed by atoms with van der Waals surface area (Å²) in [6.07, 6.45) is 1.83. The molecule has 2 rings (SSSR count). The van der Waals surface area contributed by atoms with Crippen molar-refractivity contribution in [3.05, 3.63) is 58.3 Å². The van der Waals surface area contributed by atoms with Gasteiger partial charge in [0, 0.05) is 37.0 Å². The zero-order chi connectivity index (χ0) is 17.9. The summed E-state index contributed by atoms with van der Waals surface area (Å²) < 4.78 is 0. The van der Waals surface area contributed by atoms with Crippen molar-refractivity contribution >= 4 is 35.6 Å². The number of carbonyl (C=O) groups excluding carboxylic acids is 2. The second-order valence-corrected chi connectivity index (χ2v) is 6.59. The van der Waals surface area contributed by atoms with Gasteiger partial charge in [-0.1, -0.05) is 30.3 Å². The van der Waals surface area contributed by atoms with Gasteiger partial charge in [0.25, 0.3) is 5.91 Å². The van der Waals surface area contributed by atoms with Gasteiger partial charge >= 0.3 is 0 Å². The first-order valence-electron chi connectivity index (χ1n) is 8.53. The summed E-state index contributed by atoms with van der Waals surface area (Å²) >= 11 is 1.49. The summed E-state index contributed by atoms with van der Waals surface area (Å²) in [5.74, 6) is 0.0139. The number of amides is 2. The van der Waals surface area contributed by atoms with E-state index in [9.17, 15) is 9.59 Å². The maximum absolute atomic E-state index is 12.5. The van der Waals surface area contributed by atoms with Crippen molar-refractivity contribution in [2.75, 3.05) is 19.6 Å². The molecule has 1 aromatic heterocycles. The van der Waals surface area contributed by atoms with Gasteiger partial charge in [-0.3, -0.25) is 9.59 Å². The van der Waals surface area contributed by atoms with Gasteiger partial charge in [-0.05, 0) is 36.4 Å². The number of thiophene rings is 1. The van der Waals surface area contributed by atoms with Crippen molar-refractivity contribution in [3.63, 3.8) is 0 Å². The molecule has 3 N–H and O–H groups in total. The SMILES string of the molecule is Cl.NCCCN(Cc1ccccc1)C(=O)CCCNC(=O)c1ccsc1. The lowest BCUT2D eigenvalue weighted by molar-refractivity contribution is -0.132. The Balaban J connectivity index is 0.00000338. The minimum atomic E-state index is -0.0852. The van der Waals surface area contributed by atoms with E-state index in [0.29, 0.717) is 44.6 Å². The molecule has 0 radical (unpaired) electrons. The predicted molar refractivity (Wildman–Crippen MR) is 109 cm³/mol. The number of hydrogen-bond donors (Lipinski definition) is 2. The maximum Gasteiger partial charge on any atom is 0.252 e. The maximum atomic E-state index is 12.5. The van der Waals surface area contributed by atoms with Crippen LogP contribution in [0.1, 0.15) is 35.2 Å². The highest BCUT2D eigenvalue weighted by Crippen LogP contribution is 2.08. The summed E-state index contributed by atoms with van der Waals surface area (Å²) in [7, 11) is 0. The van der Waals surface area contributed by atoms with Gasteiger partial charge in [0.05, 0.1) is 0 Å². The highest BCUT2D eigenvalue weighted by molar-refractivity contribution is 7.08. The summed E-state index contributed by atoms with van der Waals surface area (Å²) in [6, 6.07) is 11.7. The highest BCUT2D eigenvalue weighted by atomic mass is 35.5. The molecule has 0 fully saturated rings. The Morgan fingerprint density at radius 1 is 1.12 bits per heavy atom. The fourth-order valence-electron chi connectivity index (χ4n) is 2.47. The number of hydrogen-bond acceptors (Lipinski definition) is 4. The van der Waals surface area contributed by atoms with E-state index >= 15 is 0 Å². The molecule has 0 spiro atoms. The van der Waals surface area contributed by atoms with Crippen molar-refractivity contribution < 1.29 is 9.59 Å². The van der Waals surface area contributed by atoms with Crippen molar-refractivity contribution in [2.45, 2.75) is 25.8 Å². The van der Waals surface area contributed by atoms with Crippen LogP contribution in [0.5, 0.6) is 0 Å². The number of nitrogens with one attached hydrogen (secondary N) is 1. The summed E-state index contributed by atoms with van der Waals surface area (Å²) in [5, 5.41) is 6.54. The molecule has 0 aliphatic rings. The Morgan fingerprint density at radius 2 is 1.88 bits per heavy atom. The zero-order valence-electron chi connectivity index (χ0n) is 14.7. The van der Waals surface area contributed by atoms with Crippen molar-refractivity contribution in [2.24, 2.45) is 5.73 Å². The molecule has 0 aliphatic carbocycles. The summed E-state index contributed by atoms with van der Waals surface area (Å²) in [4.78, 5) is 26.2. The van der Waals surface area contributed by atoms with Crippen LogP contribution in [0.4, 0.5) is 0 Å². The van der Waals surface area contributed by atoms with E-state index in [1.165, 1.54) is 11.3 Å². The quantitative estimate of drug-likeness (QED) is 0.607. The molecule has 26 heavy (non-hydrogen) atoms. The normalized spacial score (nSPS) is 10.0. The topological polar surface area (TPSA) is 75.4 Å². The summed E-state index contributed by atoms with van der Waals surface area (Å²) in [6.45, 7) is 2.32.